The highest BCUT2D eigenvalue weighted by atomic mass is 79.9. The predicted molar refractivity (Wildman–Crippen MR) is 101 cm³/mol. The third-order valence-electron chi connectivity index (χ3n) is 3.48. The molecule has 6 nitrogen and oxygen atoms in total. The minimum atomic E-state index is -0.456. The van der Waals surface area contributed by atoms with Crippen molar-refractivity contribution < 1.29 is 14.3 Å². The molecule has 0 bridgehead atoms. The Morgan fingerprint density at radius 3 is 2.64 bits per heavy atom. The molecule has 8 heteroatoms. The average molecular weight is 427 g/mol. The Balaban J connectivity index is 0.00000225. The number of amides is 2. The van der Waals surface area contributed by atoms with Gasteiger partial charge in [0.15, 0.2) is 11.5 Å². The van der Waals surface area contributed by atoms with E-state index in [0.29, 0.717) is 35.4 Å². The maximum absolute atomic E-state index is 11.2. The zero-order valence-corrected chi connectivity index (χ0v) is 16.1. The molecular formula is C17H17BrClN3O3. The van der Waals surface area contributed by atoms with Gasteiger partial charge in [0.25, 0.3) is 0 Å². The minimum Gasteiger partial charge on any atom is -0.493 e. The van der Waals surface area contributed by atoms with Crippen LogP contribution >= 0.6 is 28.3 Å². The van der Waals surface area contributed by atoms with Crippen molar-refractivity contribution in [3.8, 4) is 11.5 Å². The molecule has 0 aromatic heterocycles. The number of urea groups is 1. The summed E-state index contributed by atoms with van der Waals surface area (Å²) in [4.78, 5) is 18.9. The Morgan fingerprint density at radius 2 is 1.92 bits per heavy atom. The number of nitrogens with one attached hydrogen (secondary N) is 1. The maximum atomic E-state index is 11.2. The van der Waals surface area contributed by atoms with Crippen LogP contribution < -0.4 is 25.5 Å². The van der Waals surface area contributed by atoms with E-state index >= 15 is 0 Å². The van der Waals surface area contributed by atoms with E-state index in [1.165, 1.54) is 0 Å². The second-order valence-corrected chi connectivity index (χ2v) is 5.96. The summed E-state index contributed by atoms with van der Waals surface area (Å²) in [6.45, 7) is 3.08. The highest BCUT2D eigenvalue weighted by Gasteiger charge is 2.11. The molecule has 0 saturated carbocycles. The van der Waals surface area contributed by atoms with Gasteiger partial charge in [0.05, 0.1) is 28.9 Å². The number of nitrogens with zero attached hydrogens (tertiary/aromatic N) is 2. The van der Waals surface area contributed by atoms with Crippen LogP contribution in [0.2, 0.25) is 0 Å². The summed E-state index contributed by atoms with van der Waals surface area (Å²) < 4.78 is 11.8. The number of methoxy groups -OCH3 is 1. The van der Waals surface area contributed by atoms with Gasteiger partial charge in [-0.05, 0) is 58.7 Å². The second-order valence-electron chi connectivity index (χ2n) is 5.11. The van der Waals surface area contributed by atoms with Crippen molar-refractivity contribution in [1.82, 2.24) is 0 Å². The van der Waals surface area contributed by atoms with E-state index in [1.807, 2.05) is 31.2 Å². The molecule has 2 amide bonds. The third-order valence-corrected chi connectivity index (χ3v) is 4.07. The average Bonchev–Trinajstić information content (AvgIpc) is 2.94. The molecule has 2 aromatic rings. The number of carbonyl (C=O) groups is 1. The molecule has 1 N–H and O–H groups in total. The maximum Gasteiger partial charge on any atom is 0.368 e. The normalized spacial score (nSPS) is 11.7. The number of halogens is 2. The van der Waals surface area contributed by atoms with Gasteiger partial charge in [0.1, 0.15) is 0 Å². The predicted octanol–water partition coefficient (Wildman–Crippen LogP) is 3.26. The Morgan fingerprint density at radius 1 is 1.16 bits per heavy atom. The molecule has 132 valence electrons. The highest BCUT2D eigenvalue weighted by molar-refractivity contribution is 9.10. The molecule has 0 aliphatic carbocycles. The monoisotopic (exact) mass is 425 g/mol. The van der Waals surface area contributed by atoms with Crippen LogP contribution in [0, 0.1) is 0 Å². The van der Waals surface area contributed by atoms with Crippen LogP contribution in [0.15, 0.2) is 44.8 Å². The van der Waals surface area contributed by atoms with Crippen molar-refractivity contribution in [3.63, 3.8) is 0 Å². The third kappa shape index (κ3) is 4.29. The zero-order chi connectivity index (χ0) is 17.1. The van der Waals surface area contributed by atoms with E-state index in [-0.39, 0.29) is 12.4 Å². The summed E-state index contributed by atoms with van der Waals surface area (Å²) in [5.41, 5.74) is 1.90. The van der Waals surface area contributed by atoms with Crippen LogP contribution in [0.3, 0.4) is 0 Å². The van der Waals surface area contributed by atoms with E-state index in [2.05, 4.69) is 31.2 Å². The van der Waals surface area contributed by atoms with Gasteiger partial charge in [-0.25, -0.2) is 4.79 Å². The molecule has 0 atom stereocenters. The molecule has 0 fully saturated rings. The van der Waals surface area contributed by atoms with Gasteiger partial charge < -0.3 is 14.8 Å². The largest absolute Gasteiger partial charge is 0.493 e. The van der Waals surface area contributed by atoms with Crippen molar-refractivity contribution in [2.24, 2.45) is 9.98 Å². The highest BCUT2D eigenvalue weighted by Crippen LogP contribution is 2.36. The molecular weight excluding hydrogens is 410 g/mol. The lowest BCUT2D eigenvalue weighted by Crippen LogP contribution is -2.21. The summed E-state index contributed by atoms with van der Waals surface area (Å²) in [5, 5.41) is 4.51. The van der Waals surface area contributed by atoms with E-state index in [1.54, 1.807) is 13.2 Å². The SMILES string of the molecule is CCOc1c(Br)cc(CNc2ccc3c(c2)=NC(=O)N=3)cc1OC.Cl. The number of ether oxygens (including phenoxy) is 2. The standard InChI is InChI=1S/C17H16BrN3O3.ClH/c1-3-24-16-12(18)6-10(7-15(16)23-2)9-19-11-4-5-13-14(8-11)21-17(22)20-13;/h4-8,19H,3,9H2,1-2H3;1H. The van der Waals surface area contributed by atoms with E-state index in [4.69, 9.17) is 9.47 Å². The lowest BCUT2D eigenvalue weighted by atomic mass is 10.2. The molecule has 0 unspecified atom stereocenters. The number of hydrogen-bond donors (Lipinski definition) is 1. The Bertz CT molecular complexity index is 918. The summed E-state index contributed by atoms with van der Waals surface area (Å²) in [7, 11) is 1.62. The fraction of sp³-hybridized carbons (Fsp3) is 0.235. The van der Waals surface area contributed by atoms with Gasteiger partial charge in [-0.15, -0.1) is 12.4 Å². The van der Waals surface area contributed by atoms with Crippen molar-refractivity contribution in [3.05, 3.63) is 51.1 Å². The lowest BCUT2D eigenvalue weighted by Gasteiger charge is -2.14. The summed E-state index contributed by atoms with van der Waals surface area (Å²) in [5.74, 6) is 1.37. The summed E-state index contributed by atoms with van der Waals surface area (Å²) >= 11 is 3.52. The van der Waals surface area contributed by atoms with Gasteiger partial charge in [-0.1, -0.05) is 0 Å². The Kier molecular flexibility index (Phi) is 6.39. The number of rotatable bonds is 6. The summed E-state index contributed by atoms with van der Waals surface area (Å²) in [6.07, 6.45) is 0. The van der Waals surface area contributed by atoms with Gasteiger partial charge >= 0.3 is 6.03 Å². The first kappa shape index (κ1) is 19.2. The number of benzene rings is 2. The lowest BCUT2D eigenvalue weighted by molar-refractivity contribution is 0.256. The molecule has 1 aliphatic rings. The van der Waals surface area contributed by atoms with E-state index in [0.717, 1.165) is 15.7 Å². The fourth-order valence-electron chi connectivity index (χ4n) is 2.41. The molecule has 25 heavy (non-hydrogen) atoms. The fourth-order valence-corrected chi connectivity index (χ4v) is 3.02. The van der Waals surface area contributed by atoms with E-state index in [9.17, 15) is 4.79 Å². The number of anilines is 1. The molecule has 1 heterocycles. The smallest absolute Gasteiger partial charge is 0.368 e. The van der Waals surface area contributed by atoms with Crippen LogP contribution in [-0.4, -0.2) is 19.7 Å². The Labute approximate surface area is 159 Å². The molecule has 0 saturated heterocycles. The van der Waals surface area contributed by atoms with Crippen molar-refractivity contribution in [2.45, 2.75) is 13.5 Å². The van der Waals surface area contributed by atoms with Gasteiger partial charge in [-0.2, -0.15) is 9.98 Å². The van der Waals surface area contributed by atoms with Crippen molar-refractivity contribution in [1.29, 1.82) is 0 Å². The van der Waals surface area contributed by atoms with Crippen molar-refractivity contribution >= 4 is 40.1 Å². The first-order valence-corrected chi connectivity index (χ1v) is 8.24. The molecule has 2 aromatic carbocycles. The number of carbonyl (C=O) groups excluding carboxylic acids is 1. The Hall–Kier alpha value is -2.12. The summed E-state index contributed by atoms with van der Waals surface area (Å²) in [6, 6.07) is 8.92. The molecule has 0 radical (unpaired) electrons. The number of hydrogen-bond acceptors (Lipinski definition) is 4. The first-order chi connectivity index (χ1) is 11.6. The van der Waals surface area contributed by atoms with E-state index < -0.39 is 6.03 Å². The second kappa shape index (κ2) is 8.31. The molecule has 0 spiro atoms. The zero-order valence-electron chi connectivity index (χ0n) is 13.7. The van der Waals surface area contributed by atoms with Crippen LogP contribution in [0.5, 0.6) is 11.5 Å². The van der Waals surface area contributed by atoms with Gasteiger partial charge in [0.2, 0.25) is 0 Å². The first-order valence-electron chi connectivity index (χ1n) is 7.45. The quantitative estimate of drug-likeness (QED) is 0.769. The minimum absolute atomic E-state index is 0. The topological polar surface area (TPSA) is 72.3 Å². The van der Waals surface area contributed by atoms with Crippen LogP contribution in [0.25, 0.3) is 0 Å². The van der Waals surface area contributed by atoms with Crippen LogP contribution in [0.1, 0.15) is 12.5 Å². The number of fused-ring (bicyclic) bond motifs is 1. The molecule has 1 aliphatic heterocycles. The van der Waals surface area contributed by atoms with Gasteiger partial charge in [0, 0.05) is 12.2 Å². The molecule has 3 rings (SSSR count). The van der Waals surface area contributed by atoms with Crippen LogP contribution in [-0.2, 0) is 6.54 Å². The van der Waals surface area contributed by atoms with Crippen LogP contribution in [0.4, 0.5) is 10.5 Å². The van der Waals surface area contributed by atoms with Gasteiger partial charge in [-0.3, -0.25) is 0 Å². The van der Waals surface area contributed by atoms with Crippen molar-refractivity contribution in [2.75, 3.05) is 19.0 Å².